The maximum absolute atomic E-state index is 12.1. The molecule has 3 atom stereocenters. The predicted molar refractivity (Wildman–Crippen MR) is 144 cm³/mol. The molecule has 0 saturated carbocycles. The second-order valence-corrected chi connectivity index (χ2v) is 12.4. The first-order chi connectivity index (χ1) is 16.9. The summed E-state index contributed by atoms with van der Waals surface area (Å²) in [7, 11) is 1.33. The Morgan fingerprint density at radius 3 is 1.75 bits per heavy atom. The maximum atomic E-state index is 12.1. The van der Waals surface area contributed by atoms with Crippen molar-refractivity contribution in [2.45, 2.75) is 123 Å². The fourth-order valence-corrected chi connectivity index (χ4v) is 5.11. The van der Waals surface area contributed by atoms with Gasteiger partial charge in [0.15, 0.2) is 0 Å². The van der Waals surface area contributed by atoms with Gasteiger partial charge in [0.1, 0.15) is 18.8 Å². The van der Waals surface area contributed by atoms with Gasteiger partial charge in [-0.2, -0.15) is 0 Å². The van der Waals surface area contributed by atoms with Crippen molar-refractivity contribution in [3.05, 3.63) is 0 Å². The van der Waals surface area contributed by atoms with Crippen molar-refractivity contribution in [1.82, 2.24) is 0 Å². The molecule has 0 saturated heterocycles. The molecule has 0 N–H and O–H groups in total. The number of phosphoric ester groups is 1. The zero-order valence-corrected chi connectivity index (χ0v) is 25.0. The molecule has 0 rings (SSSR count). The Kier molecular flexibility index (Phi) is 21.1. The molecule has 216 valence electrons. The molecular weight excluding hydrogens is 481 g/mol. The Bertz CT molecular complexity index is 583. The van der Waals surface area contributed by atoms with Gasteiger partial charge >= 0.3 is 5.97 Å². The smallest absolute Gasteiger partial charge is 0.303 e. The van der Waals surface area contributed by atoms with Crippen LogP contribution in [0.25, 0.3) is 0 Å². The van der Waals surface area contributed by atoms with E-state index in [1.165, 1.54) is 84.0 Å². The SMILES string of the molecule is CCCCCCCCCCCCCCCCOCC(COP(=O)([O-])OC(C)C[N+](C)(C)C)OC(C)=O. The topological polar surface area (TPSA) is 94.1 Å². The minimum absolute atomic E-state index is 0.0897. The molecule has 0 aromatic rings. The van der Waals surface area contributed by atoms with Crippen LogP contribution in [-0.2, 0) is 27.9 Å². The summed E-state index contributed by atoms with van der Waals surface area (Å²) in [5.74, 6) is -0.510. The number of quaternary nitrogens is 1. The van der Waals surface area contributed by atoms with E-state index in [9.17, 15) is 14.3 Å². The van der Waals surface area contributed by atoms with Crippen LogP contribution in [0.3, 0.4) is 0 Å². The Labute approximate surface area is 221 Å². The van der Waals surface area contributed by atoms with Crippen molar-refractivity contribution >= 4 is 13.8 Å². The number of carbonyl (C=O) groups excluding carboxylic acids is 1. The number of phosphoric acid groups is 1. The monoisotopic (exact) mass is 537 g/mol. The van der Waals surface area contributed by atoms with Crippen LogP contribution in [-0.4, -0.2) is 70.2 Å². The van der Waals surface area contributed by atoms with Crippen LogP contribution in [0.1, 0.15) is 111 Å². The number of esters is 1. The van der Waals surface area contributed by atoms with E-state index in [1.807, 2.05) is 21.1 Å². The first kappa shape index (κ1) is 35.5. The molecular formula is C27H56NO7P. The summed E-state index contributed by atoms with van der Waals surface area (Å²) in [6.07, 6.45) is 16.8. The molecule has 0 aliphatic heterocycles. The molecule has 36 heavy (non-hydrogen) atoms. The van der Waals surface area contributed by atoms with Crippen molar-refractivity contribution in [3.8, 4) is 0 Å². The van der Waals surface area contributed by atoms with Crippen molar-refractivity contribution in [3.63, 3.8) is 0 Å². The highest BCUT2D eigenvalue weighted by Gasteiger charge is 2.23. The number of carbonyl (C=O) groups is 1. The third-order valence-corrected chi connectivity index (χ3v) is 6.89. The van der Waals surface area contributed by atoms with Crippen molar-refractivity contribution in [1.29, 1.82) is 0 Å². The second kappa shape index (κ2) is 21.4. The second-order valence-electron chi connectivity index (χ2n) is 11.0. The van der Waals surface area contributed by atoms with Crippen LogP contribution < -0.4 is 4.89 Å². The van der Waals surface area contributed by atoms with Gasteiger partial charge in [0, 0.05) is 13.5 Å². The molecule has 8 nitrogen and oxygen atoms in total. The Morgan fingerprint density at radius 2 is 1.31 bits per heavy atom. The normalized spacial score (nSPS) is 15.4. The van der Waals surface area contributed by atoms with E-state index in [2.05, 4.69) is 6.92 Å². The van der Waals surface area contributed by atoms with Gasteiger partial charge in [-0.15, -0.1) is 0 Å². The van der Waals surface area contributed by atoms with Gasteiger partial charge in [0.05, 0.1) is 34.4 Å². The van der Waals surface area contributed by atoms with Gasteiger partial charge in [-0.25, -0.2) is 0 Å². The Hall–Kier alpha value is -0.500. The van der Waals surface area contributed by atoms with Gasteiger partial charge in [0.25, 0.3) is 7.82 Å². The van der Waals surface area contributed by atoms with Crippen LogP contribution in [0.2, 0.25) is 0 Å². The predicted octanol–water partition coefficient (Wildman–Crippen LogP) is 6.01. The summed E-state index contributed by atoms with van der Waals surface area (Å²) in [5.41, 5.74) is 0. The zero-order chi connectivity index (χ0) is 27.3. The van der Waals surface area contributed by atoms with Gasteiger partial charge < -0.3 is 27.9 Å². The highest BCUT2D eigenvalue weighted by Crippen LogP contribution is 2.40. The van der Waals surface area contributed by atoms with E-state index in [1.54, 1.807) is 6.92 Å². The van der Waals surface area contributed by atoms with E-state index < -0.39 is 26.0 Å². The van der Waals surface area contributed by atoms with E-state index in [4.69, 9.17) is 18.5 Å². The first-order valence-electron chi connectivity index (χ1n) is 14.1. The largest absolute Gasteiger partial charge is 0.756 e. The highest BCUT2D eigenvalue weighted by atomic mass is 31.2. The lowest BCUT2D eigenvalue weighted by molar-refractivity contribution is -0.873. The number of unbranched alkanes of at least 4 members (excludes halogenated alkanes) is 13. The molecule has 0 bridgehead atoms. The number of likely N-dealkylation sites (N-methyl/N-ethyl adjacent to an activating group) is 1. The van der Waals surface area contributed by atoms with Gasteiger partial charge in [-0.1, -0.05) is 90.4 Å². The van der Waals surface area contributed by atoms with Crippen LogP contribution in [0, 0.1) is 0 Å². The number of nitrogens with zero attached hydrogens (tertiary/aromatic N) is 1. The average molecular weight is 538 g/mol. The molecule has 3 unspecified atom stereocenters. The molecule has 0 fully saturated rings. The Balaban J connectivity index is 3.88. The Morgan fingerprint density at radius 1 is 0.833 bits per heavy atom. The fraction of sp³-hybridized carbons (Fsp3) is 0.963. The summed E-state index contributed by atoms with van der Waals surface area (Å²) in [6, 6.07) is 0. The molecule has 0 radical (unpaired) electrons. The molecule has 9 heteroatoms. The molecule has 0 amide bonds. The van der Waals surface area contributed by atoms with Crippen molar-refractivity contribution in [2.75, 3.05) is 47.5 Å². The van der Waals surface area contributed by atoms with Gasteiger partial charge in [0.2, 0.25) is 0 Å². The van der Waals surface area contributed by atoms with E-state index in [0.29, 0.717) is 17.6 Å². The molecule has 0 aromatic carbocycles. The summed E-state index contributed by atoms with van der Waals surface area (Å²) in [4.78, 5) is 23.5. The summed E-state index contributed by atoms with van der Waals surface area (Å²) in [6.45, 7) is 6.03. The number of rotatable bonds is 25. The average Bonchev–Trinajstić information content (AvgIpc) is 2.75. The van der Waals surface area contributed by atoms with Crippen LogP contribution in [0.5, 0.6) is 0 Å². The van der Waals surface area contributed by atoms with E-state index in [-0.39, 0.29) is 13.2 Å². The highest BCUT2D eigenvalue weighted by molar-refractivity contribution is 7.45. The fourth-order valence-electron chi connectivity index (χ4n) is 4.19. The lowest BCUT2D eigenvalue weighted by Gasteiger charge is -2.32. The zero-order valence-electron chi connectivity index (χ0n) is 24.1. The van der Waals surface area contributed by atoms with Gasteiger partial charge in [-0.3, -0.25) is 9.36 Å². The van der Waals surface area contributed by atoms with Crippen LogP contribution >= 0.6 is 7.82 Å². The molecule has 0 aliphatic rings. The number of hydrogen-bond acceptors (Lipinski definition) is 7. The first-order valence-corrected chi connectivity index (χ1v) is 15.6. The van der Waals surface area contributed by atoms with Crippen molar-refractivity contribution < 1.29 is 37.3 Å². The van der Waals surface area contributed by atoms with Gasteiger partial charge in [-0.05, 0) is 13.3 Å². The number of ether oxygens (including phenoxy) is 2. The summed E-state index contributed by atoms with van der Waals surface area (Å²) in [5, 5.41) is 0. The van der Waals surface area contributed by atoms with Crippen LogP contribution in [0.15, 0.2) is 0 Å². The molecule has 0 aliphatic carbocycles. The van der Waals surface area contributed by atoms with E-state index >= 15 is 0 Å². The summed E-state index contributed by atoms with van der Waals surface area (Å²) < 4.78 is 33.5. The third-order valence-electron chi connectivity index (χ3n) is 5.81. The lowest BCUT2D eigenvalue weighted by atomic mass is 10.0. The minimum Gasteiger partial charge on any atom is -0.756 e. The maximum Gasteiger partial charge on any atom is 0.303 e. The van der Waals surface area contributed by atoms with E-state index in [0.717, 1.165) is 12.8 Å². The molecule has 0 spiro atoms. The van der Waals surface area contributed by atoms with Crippen molar-refractivity contribution in [2.24, 2.45) is 0 Å². The third kappa shape index (κ3) is 25.2. The quantitative estimate of drug-likeness (QED) is 0.0609. The molecule has 0 heterocycles. The number of hydrogen-bond donors (Lipinski definition) is 0. The minimum atomic E-state index is -4.51. The lowest BCUT2D eigenvalue weighted by Crippen LogP contribution is -2.41. The molecule has 0 aromatic heterocycles. The summed E-state index contributed by atoms with van der Waals surface area (Å²) >= 11 is 0. The van der Waals surface area contributed by atoms with Crippen LogP contribution in [0.4, 0.5) is 0 Å². The standard InChI is InChI=1S/C27H56NO7P/c1-7-8-9-10-11-12-13-14-15-16-17-18-19-20-21-32-23-27(34-26(3)29)24-33-36(30,31)35-25(2)22-28(4,5)6/h25,27H,7-24H2,1-6H3.